The number of piperidine rings is 1. The Balaban J connectivity index is 1.20. The first-order valence-corrected chi connectivity index (χ1v) is 16.2. The predicted molar refractivity (Wildman–Crippen MR) is 161 cm³/mol. The van der Waals surface area contributed by atoms with Gasteiger partial charge in [0.25, 0.3) is 0 Å². The minimum Gasteiger partial charge on any atom is -0.342 e. The Labute approximate surface area is 253 Å². The van der Waals surface area contributed by atoms with Crippen molar-refractivity contribution in [1.82, 2.24) is 29.8 Å². The Bertz CT molecular complexity index is 1300. The van der Waals surface area contributed by atoms with Crippen molar-refractivity contribution >= 4 is 17.5 Å². The third-order valence-electron chi connectivity index (χ3n) is 10.6. The maximum absolute atomic E-state index is 14.5. The molecule has 42 heavy (non-hydrogen) atoms. The fourth-order valence-corrected chi connectivity index (χ4v) is 8.19. The number of likely N-dealkylation sites (tertiary alicyclic amines) is 1. The zero-order chi connectivity index (χ0) is 29.2. The number of benzene rings is 1. The van der Waals surface area contributed by atoms with Crippen molar-refractivity contribution in [3.8, 4) is 0 Å². The summed E-state index contributed by atoms with van der Waals surface area (Å²) in [5.74, 6) is 2.10. The second kappa shape index (κ2) is 12.4. The lowest BCUT2D eigenvalue weighted by molar-refractivity contribution is -0.142. The fourth-order valence-electron chi connectivity index (χ4n) is 8.06. The normalized spacial score (nSPS) is 25.8. The highest BCUT2D eigenvalue weighted by Crippen LogP contribution is 2.48. The molecule has 1 aliphatic heterocycles. The van der Waals surface area contributed by atoms with E-state index in [1.54, 1.807) is 6.33 Å². The summed E-state index contributed by atoms with van der Waals surface area (Å²) < 4.78 is 7.50. The number of amides is 1. The smallest absolute Gasteiger partial charge is 0.229 e. The lowest BCUT2D eigenvalue weighted by Gasteiger charge is -2.49. The van der Waals surface area contributed by atoms with E-state index in [1.807, 2.05) is 42.2 Å². The summed E-state index contributed by atoms with van der Waals surface area (Å²) in [7, 11) is 0. The van der Waals surface area contributed by atoms with E-state index < -0.39 is 5.54 Å². The molecule has 3 fully saturated rings. The molecule has 2 N–H and O–H groups in total. The molecule has 3 heterocycles. The third-order valence-corrected chi connectivity index (χ3v) is 10.9. The van der Waals surface area contributed by atoms with Crippen LogP contribution >= 0.6 is 11.6 Å². The molecule has 0 spiro atoms. The van der Waals surface area contributed by atoms with Gasteiger partial charge in [-0.1, -0.05) is 48.2 Å². The van der Waals surface area contributed by atoms with Crippen molar-refractivity contribution in [2.24, 2.45) is 23.0 Å². The van der Waals surface area contributed by atoms with Gasteiger partial charge >= 0.3 is 0 Å². The van der Waals surface area contributed by atoms with Gasteiger partial charge in [0, 0.05) is 36.1 Å². The molecule has 0 bridgehead atoms. The Morgan fingerprint density at radius 3 is 2.40 bits per heavy atom. The zero-order valence-electron chi connectivity index (χ0n) is 24.8. The van der Waals surface area contributed by atoms with E-state index in [9.17, 15) is 4.79 Å². The maximum atomic E-state index is 14.5. The Hall–Kier alpha value is -2.78. The standard InChI is InChI=1S/C32H44ClN7O2/c1-23-37-29(42-38-23)25-11-13-32(34,14-12-25)28(19-24-7-9-27(33)10-8-24)30(41)39-17-15-31(16-18-39,20-40-22-35-21-36-40)26-5-3-2-4-6-26/h7-10,21-22,25-26,28H,2-6,11-20,34H2,1H3/t25?,28-,32?/m0/s1. The Morgan fingerprint density at radius 2 is 1.79 bits per heavy atom. The molecule has 0 radical (unpaired) electrons. The Morgan fingerprint density at radius 1 is 1.07 bits per heavy atom. The van der Waals surface area contributed by atoms with E-state index in [0.29, 0.717) is 29.1 Å². The molecule has 3 aromatic rings. The van der Waals surface area contributed by atoms with E-state index in [-0.39, 0.29) is 23.2 Å². The van der Waals surface area contributed by atoms with Crippen LogP contribution in [0.3, 0.4) is 0 Å². The first kappa shape index (κ1) is 29.3. The third kappa shape index (κ3) is 6.27. The van der Waals surface area contributed by atoms with Gasteiger partial charge < -0.3 is 15.2 Å². The lowest BCUT2D eigenvalue weighted by Crippen LogP contribution is -2.58. The molecule has 6 rings (SSSR count). The highest BCUT2D eigenvalue weighted by Gasteiger charge is 2.48. The molecule has 2 aliphatic carbocycles. The van der Waals surface area contributed by atoms with Crippen molar-refractivity contribution in [2.75, 3.05) is 13.1 Å². The average molecular weight is 594 g/mol. The van der Waals surface area contributed by atoms with Gasteiger partial charge in [0.05, 0.1) is 5.92 Å². The summed E-state index contributed by atoms with van der Waals surface area (Å²) in [6.45, 7) is 4.25. The van der Waals surface area contributed by atoms with E-state index in [0.717, 1.165) is 63.7 Å². The van der Waals surface area contributed by atoms with E-state index >= 15 is 0 Å². The van der Waals surface area contributed by atoms with E-state index in [4.69, 9.17) is 21.9 Å². The Kier molecular flexibility index (Phi) is 8.68. The number of halogens is 1. The van der Waals surface area contributed by atoms with Crippen LogP contribution in [0, 0.1) is 24.2 Å². The maximum Gasteiger partial charge on any atom is 0.229 e. The molecule has 226 valence electrons. The van der Waals surface area contributed by atoms with Gasteiger partial charge in [-0.3, -0.25) is 9.48 Å². The summed E-state index contributed by atoms with van der Waals surface area (Å²) in [6, 6.07) is 7.86. The molecule has 1 atom stereocenters. The monoisotopic (exact) mass is 593 g/mol. The number of aryl methyl sites for hydroxylation is 1. The molecule has 1 saturated heterocycles. The van der Waals surface area contributed by atoms with Gasteiger partial charge in [-0.15, -0.1) is 0 Å². The molecule has 10 heteroatoms. The number of aromatic nitrogens is 5. The van der Waals surface area contributed by atoms with Crippen LogP contribution in [-0.2, 0) is 17.8 Å². The van der Waals surface area contributed by atoms with Gasteiger partial charge in [0.2, 0.25) is 11.8 Å². The van der Waals surface area contributed by atoms with E-state index in [1.165, 1.54) is 32.1 Å². The van der Waals surface area contributed by atoms with Crippen LogP contribution in [0.1, 0.15) is 93.8 Å². The average Bonchev–Trinajstić information content (AvgIpc) is 3.69. The molecule has 2 saturated carbocycles. The van der Waals surface area contributed by atoms with Crippen LogP contribution in [0.5, 0.6) is 0 Å². The van der Waals surface area contributed by atoms with Gasteiger partial charge in [0.1, 0.15) is 12.7 Å². The number of hydrogen-bond acceptors (Lipinski definition) is 7. The molecule has 9 nitrogen and oxygen atoms in total. The van der Waals surface area contributed by atoms with Crippen LogP contribution in [0.4, 0.5) is 0 Å². The van der Waals surface area contributed by atoms with Crippen LogP contribution < -0.4 is 5.73 Å². The second-order valence-corrected chi connectivity index (χ2v) is 13.6. The molecule has 3 aliphatic rings. The van der Waals surface area contributed by atoms with Crippen molar-refractivity contribution in [3.05, 3.63) is 59.2 Å². The summed E-state index contributed by atoms with van der Waals surface area (Å²) in [6.07, 6.45) is 15.7. The minimum absolute atomic E-state index is 0.150. The molecule has 1 amide bonds. The van der Waals surface area contributed by atoms with Crippen LogP contribution in [0.15, 0.2) is 41.4 Å². The second-order valence-electron chi connectivity index (χ2n) is 13.2. The van der Waals surface area contributed by atoms with Gasteiger partial charge in [-0.25, -0.2) is 4.98 Å². The zero-order valence-corrected chi connectivity index (χ0v) is 25.5. The fraction of sp³-hybridized carbons (Fsp3) is 0.656. The number of hydrogen-bond donors (Lipinski definition) is 1. The topological polar surface area (TPSA) is 116 Å². The first-order valence-electron chi connectivity index (χ1n) is 15.8. The van der Waals surface area contributed by atoms with E-state index in [2.05, 4.69) is 25.1 Å². The lowest BCUT2D eigenvalue weighted by atomic mass is 9.63. The number of carbonyl (C=O) groups is 1. The highest BCUT2D eigenvalue weighted by molar-refractivity contribution is 6.30. The molecular formula is C32H44ClN7O2. The summed E-state index contributed by atoms with van der Waals surface area (Å²) in [5.41, 5.74) is 7.88. The first-order chi connectivity index (χ1) is 20.3. The number of nitrogens with zero attached hydrogens (tertiary/aromatic N) is 6. The molecule has 1 aromatic carbocycles. The van der Waals surface area contributed by atoms with Crippen LogP contribution in [0.25, 0.3) is 0 Å². The van der Waals surface area contributed by atoms with Crippen LogP contribution in [0.2, 0.25) is 5.02 Å². The van der Waals surface area contributed by atoms with Gasteiger partial charge in [-0.2, -0.15) is 10.1 Å². The number of nitrogens with two attached hydrogens (primary N) is 1. The summed E-state index contributed by atoms with van der Waals surface area (Å²) in [5, 5.41) is 9.15. The SMILES string of the molecule is Cc1noc(C2CCC(N)([C@@H](Cc3ccc(Cl)cc3)C(=O)N3CCC(Cn4cncn4)(C4CCCCC4)CC3)CC2)n1. The molecular weight excluding hydrogens is 550 g/mol. The van der Waals surface area contributed by atoms with Crippen LogP contribution in [-0.4, -0.2) is 54.3 Å². The minimum atomic E-state index is -0.596. The van der Waals surface area contributed by atoms with Crippen molar-refractivity contribution in [3.63, 3.8) is 0 Å². The van der Waals surface area contributed by atoms with Crippen molar-refractivity contribution < 1.29 is 9.32 Å². The van der Waals surface area contributed by atoms with Gasteiger partial charge in [0.15, 0.2) is 5.82 Å². The largest absolute Gasteiger partial charge is 0.342 e. The number of carbonyl (C=O) groups excluding carboxylic acids is 1. The summed E-state index contributed by atoms with van der Waals surface area (Å²) >= 11 is 6.20. The highest BCUT2D eigenvalue weighted by atomic mass is 35.5. The predicted octanol–water partition coefficient (Wildman–Crippen LogP) is 5.73. The van der Waals surface area contributed by atoms with Gasteiger partial charge in [-0.05, 0) is 93.7 Å². The van der Waals surface area contributed by atoms with Crippen molar-refractivity contribution in [2.45, 2.75) is 102 Å². The molecule has 2 aromatic heterocycles. The number of rotatable bonds is 8. The van der Waals surface area contributed by atoms with Crippen molar-refractivity contribution in [1.29, 1.82) is 0 Å². The quantitative estimate of drug-likeness (QED) is 0.355. The summed E-state index contributed by atoms with van der Waals surface area (Å²) in [4.78, 5) is 25.3. The molecule has 0 unspecified atom stereocenters.